The summed E-state index contributed by atoms with van der Waals surface area (Å²) in [5, 5.41) is 18.4. The fourth-order valence-corrected chi connectivity index (χ4v) is 3.56. The SMILES string of the molecule is C=C1C(=O)O[C@@H]2/C=C(\C)C(OC(C)=O)C/C=C(\C)C[C@H](OC(=O)/C(=C/CO)CO)[C@H]12. The lowest BCUT2D eigenvalue weighted by Gasteiger charge is -2.28. The van der Waals surface area contributed by atoms with Crippen LogP contribution in [0.5, 0.6) is 0 Å². The summed E-state index contributed by atoms with van der Waals surface area (Å²) in [4.78, 5) is 36.2. The van der Waals surface area contributed by atoms with Gasteiger partial charge in [0.15, 0.2) is 0 Å². The maximum atomic E-state index is 12.5. The predicted molar refractivity (Wildman–Crippen MR) is 107 cm³/mol. The lowest BCUT2D eigenvalue weighted by Crippen LogP contribution is -2.34. The van der Waals surface area contributed by atoms with Gasteiger partial charge in [0, 0.05) is 25.3 Å². The monoisotopic (exact) mass is 420 g/mol. The highest BCUT2D eigenvalue weighted by Gasteiger charge is 2.45. The molecule has 8 heteroatoms. The first kappa shape index (κ1) is 23.6. The van der Waals surface area contributed by atoms with E-state index in [0.717, 1.165) is 5.57 Å². The highest BCUT2D eigenvalue weighted by atomic mass is 16.6. The summed E-state index contributed by atoms with van der Waals surface area (Å²) in [6.45, 7) is 7.76. The number of aliphatic hydroxyl groups is 2. The molecule has 1 saturated heterocycles. The molecule has 0 aromatic carbocycles. The number of ether oxygens (including phenoxy) is 3. The van der Waals surface area contributed by atoms with Gasteiger partial charge in [-0.1, -0.05) is 18.2 Å². The molecule has 1 fully saturated rings. The molecule has 30 heavy (non-hydrogen) atoms. The van der Waals surface area contributed by atoms with E-state index in [1.54, 1.807) is 13.0 Å². The summed E-state index contributed by atoms with van der Waals surface area (Å²) in [5.74, 6) is -2.44. The Bertz CT molecular complexity index is 804. The van der Waals surface area contributed by atoms with E-state index in [2.05, 4.69) is 6.58 Å². The van der Waals surface area contributed by atoms with Crippen molar-refractivity contribution < 1.29 is 38.8 Å². The Morgan fingerprint density at radius 1 is 1.30 bits per heavy atom. The van der Waals surface area contributed by atoms with E-state index in [4.69, 9.17) is 19.3 Å². The van der Waals surface area contributed by atoms with Gasteiger partial charge in [-0.3, -0.25) is 4.79 Å². The summed E-state index contributed by atoms with van der Waals surface area (Å²) < 4.78 is 16.5. The zero-order valence-electron chi connectivity index (χ0n) is 17.4. The van der Waals surface area contributed by atoms with Crippen LogP contribution in [-0.2, 0) is 28.6 Å². The largest absolute Gasteiger partial charge is 0.458 e. The number of fused-ring (bicyclic) bond motifs is 1. The van der Waals surface area contributed by atoms with Crippen molar-refractivity contribution in [3.63, 3.8) is 0 Å². The van der Waals surface area contributed by atoms with Gasteiger partial charge in [-0.2, -0.15) is 0 Å². The van der Waals surface area contributed by atoms with E-state index in [9.17, 15) is 19.5 Å². The quantitative estimate of drug-likeness (QED) is 0.297. The molecule has 8 nitrogen and oxygen atoms in total. The van der Waals surface area contributed by atoms with Crippen molar-refractivity contribution in [3.05, 3.63) is 47.1 Å². The number of carbonyl (C=O) groups excluding carboxylic acids is 3. The van der Waals surface area contributed by atoms with Gasteiger partial charge in [0.1, 0.15) is 18.3 Å². The molecule has 0 saturated carbocycles. The molecule has 0 aromatic heterocycles. The fraction of sp³-hybridized carbons (Fsp3) is 0.500. The Balaban J connectivity index is 2.42. The summed E-state index contributed by atoms with van der Waals surface area (Å²) in [5.41, 5.74) is 1.67. The normalized spacial score (nSPS) is 30.9. The predicted octanol–water partition coefficient (Wildman–Crippen LogP) is 1.53. The van der Waals surface area contributed by atoms with Crippen molar-refractivity contribution in [1.82, 2.24) is 0 Å². The average molecular weight is 420 g/mol. The van der Waals surface area contributed by atoms with Gasteiger partial charge in [-0.05, 0) is 31.6 Å². The second-order valence-corrected chi connectivity index (χ2v) is 7.43. The second kappa shape index (κ2) is 10.4. The number of rotatable bonds is 5. The van der Waals surface area contributed by atoms with Gasteiger partial charge in [0.05, 0.1) is 24.7 Å². The molecule has 1 aliphatic heterocycles. The number of aliphatic hydroxyl groups excluding tert-OH is 2. The smallest absolute Gasteiger partial charge is 0.336 e. The fourth-order valence-electron chi connectivity index (χ4n) is 3.56. The summed E-state index contributed by atoms with van der Waals surface area (Å²) in [6, 6.07) is 0. The van der Waals surface area contributed by atoms with E-state index in [1.165, 1.54) is 13.0 Å². The van der Waals surface area contributed by atoms with E-state index < -0.39 is 55.4 Å². The first-order valence-electron chi connectivity index (χ1n) is 9.70. The van der Waals surface area contributed by atoms with Crippen molar-refractivity contribution >= 4 is 17.9 Å². The standard InChI is InChI=1S/C22H28O8/c1-12-5-6-17(28-15(4)25)13(2)10-19-20(14(3)21(26)29-19)18(9-12)30-22(27)16(11-24)7-8-23/h5,7,10,17-20,23-24H,3,6,8-9,11H2,1-2,4H3/b12-5+,13-10+,16-7+/t17?,18-,19+,20-/m0/s1. The van der Waals surface area contributed by atoms with Crippen LogP contribution in [0.4, 0.5) is 0 Å². The first-order chi connectivity index (χ1) is 14.2. The molecule has 164 valence electrons. The van der Waals surface area contributed by atoms with E-state index >= 15 is 0 Å². The summed E-state index contributed by atoms with van der Waals surface area (Å²) in [6.07, 6.45) is 3.45. The number of esters is 3. The molecule has 0 bridgehead atoms. The molecule has 0 amide bonds. The molecule has 4 atom stereocenters. The van der Waals surface area contributed by atoms with Crippen LogP contribution in [0, 0.1) is 5.92 Å². The molecular weight excluding hydrogens is 392 g/mol. The zero-order chi connectivity index (χ0) is 22.4. The molecule has 1 aliphatic carbocycles. The topological polar surface area (TPSA) is 119 Å². The van der Waals surface area contributed by atoms with E-state index in [1.807, 2.05) is 13.0 Å². The lowest BCUT2D eigenvalue weighted by molar-refractivity contribution is -0.148. The number of hydrogen-bond donors (Lipinski definition) is 2. The molecule has 0 aromatic rings. The third-order valence-electron chi connectivity index (χ3n) is 5.14. The van der Waals surface area contributed by atoms with Gasteiger partial charge in [-0.25, -0.2) is 9.59 Å². The molecule has 1 heterocycles. The van der Waals surface area contributed by atoms with Crippen LogP contribution in [-0.4, -0.2) is 59.6 Å². The average Bonchev–Trinajstić information content (AvgIpc) is 2.94. The van der Waals surface area contributed by atoms with Crippen LogP contribution in [0.2, 0.25) is 0 Å². The minimum absolute atomic E-state index is 0.0784. The minimum atomic E-state index is -0.786. The maximum absolute atomic E-state index is 12.5. The maximum Gasteiger partial charge on any atom is 0.336 e. The van der Waals surface area contributed by atoms with Crippen molar-refractivity contribution in [2.45, 2.75) is 51.9 Å². The minimum Gasteiger partial charge on any atom is -0.458 e. The van der Waals surface area contributed by atoms with Gasteiger partial charge in [0.2, 0.25) is 0 Å². The molecule has 0 spiro atoms. The number of carbonyl (C=O) groups is 3. The zero-order valence-corrected chi connectivity index (χ0v) is 17.4. The Labute approximate surface area is 175 Å². The van der Waals surface area contributed by atoms with E-state index in [0.29, 0.717) is 18.4 Å². The second-order valence-electron chi connectivity index (χ2n) is 7.43. The Morgan fingerprint density at radius 3 is 2.60 bits per heavy atom. The highest BCUT2D eigenvalue weighted by molar-refractivity contribution is 5.92. The van der Waals surface area contributed by atoms with Crippen LogP contribution in [0.3, 0.4) is 0 Å². The Hall–Kier alpha value is -2.71. The molecule has 2 aliphatic rings. The van der Waals surface area contributed by atoms with Gasteiger partial charge >= 0.3 is 17.9 Å². The Kier molecular flexibility index (Phi) is 8.14. The molecule has 2 rings (SSSR count). The van der Waals surface area contributed by atoms with Crippen LogP contribution >= 0.6 is 0 Å². The molecular formula is C22H28O8. The molecule has 0 radical (unpaired) electrons. The van der Waals surface area contributed by atoms with E-state index in [-0.39, 0.29) is 11.1 Å². The van der Waals surface area contributed by atoms with Gasteiger partial charge in [-0.15, -0.1) is 0 Å². The highest BCUT2D eigenvalue weighted by Crippen LogP contribution is 2.36. The number of hydrogen-bond acceptors (Lipinski definition) is 8. The van der Waals surface area contributed by atoms with Crippen LogP contribution in [0.15, 0.2) is 47.1 Å². The van der Waals surface area contributed by atoms with Crippen LogP contribution in [0.1, 0.15) is 33.6 Å². The Morgan fingerprint density at radius 2 is 2.00 bits per heavy atom. The van der Waals surface area contributed by atoms with Crippen molar-refractivity contribution in [1.29, 1.82) is 0 Å². The molecule has 2 N–H and O–H groups in total. The summed E-state index contributed by atoms with van der Waals surface area (Å²) >= 11 is 0. The lowest BCUT2D eigenvalue weighted by atomic mass is 9.85. The summed E-state index contributed by atoms with van der Waals surface area (Å²) in [7, 11) is 0. The third kappa shape index (κ3) is 5.67. The van der Waals surface area contributed by atoms with Crippen LogP contribution in [0.25, 0.3) is 0 Å². The van der Waals surface area contributed by atoms with Gasteiger partial charge < -0.3 is 24.4 Å². The van der Waals surface area contributed by atoms with Gasteiger partial charge in [0.25, 0.3) is 0 Å². The van der Waals surface area contributed by atoms with Crippen molar-refractivity contribution in [3.8, 4) is 0 Å². The van der Waals surface area contributed by atoms with Crippen molar-refractivity contribution in [2.24, 2.45) is 5.92 Å². The van der Waals surface area contributed by atoms with Crippen LogP contribution < -0.4 is 0 Å². The first-order valence-corrected chi connectivity index (χ1v) is 9.70. The molecule has 1 unspecified atom stereocenters. The third-order valence-corrected chi connectivity index (χ3v) is 5.14. The van der Waals surface area contributed by atoms with Crippen molar-refractivity contribution in [2.75, 3.05) is 13.2 Å².